The fourth-order valence-electron chi connectivity index (χ4n) is 3.88. The van der Waals surface area contributed by atoms with Gasteiger partial charge in [-0.3, -0.25) is 4.79 Å². The van der Waals surface area contributed by atoms with Crippen molar-refractivity contribution >= 4 is 21.9 Å². The van der Waals surface area contributed by atoms with Gasteiger partial charge in [0.15, 0.2) is 6.10 Å². The molecule has 0 radical (unpaired) electrons. The SMILES string of the molecule is Cc1ccc(S(=O)(=O)N2CCCCC2)cc1C(=O)O[C@H](C)C(=O)N1CCCCC1. The summed E-state index contributed by atoms with van der Waals surface area (Å²) < 4.78 is 32.7. The summed E-state index contributed by atoms with van der Waals surface area (Å²) in [7, 11) is -3.65. The molecule has 2 saturated heterocycles. The first-order chi connectivity index (χ1) is 13.8. The minimum atomic E-state index is -3.65. The number of carbonyl (C=O) groups excluding carboxylic acids is 2. The molecule has 3 rings (SSSR count). The van der Waals surface area contributed by atoms with E-state index in [2.05, 4.69) is 0 Å². The molecule has 0 spiro atoms. The summed E-state index contributed by atoms with van der Waals surface area (Å²) in [5, 5.41) is 0. The molecular weight excluding hydrogens is 392 g/mol. The van der Waals surface area contributed by atoms with Gasteiger partial charge in [-0.2, -0.15) is 4.31 Å². The maximum atomic E-state index is 12.9. The van der Waals surface area contributed by atoms with Crippen LogP contribution in [0, 0.1) is 6.92 Å². The van der Waals surface area contributed by atoms with Crippen LogP contribution >= 0.6 is 0 Å². The summed E-state index contributed by atoms with van der Waals surface area (Å²) in [5.74, 6) is -0.871. The van der Waals surface area contributed by atoms with Crippen LogP contribution in [0.1, 0.15) is 61.4 Å². The molecule has 0 aliphatic carbocycles. The number of carbonyl (C=O) groups is 2. The first-order valence-corrected chi connectivity index (χ1v) is 11.9. The molecule has 1 aromatic rings. The third kappa shape index (κ3) is 4.98. The summed E-state index contributed by atoms with van der Waals surface area (Å²) in [6, 6.07) is 4.52. The standard InChI is InChI=1S/C21H30N2O5S/c1-16-9-10-18(29(26,27)23-13-7-4-8-14-23)15-19(16)21(25)28-17(2)20(24)22-11-5-3-6-12-22/h9-10,15,17H,3-8,11-14H2,1-2H3/t17-/m1/s1. The van der Waals surface area contributed by atoms with E-state index in [4.69, 9.17) is 4.74 Å². The van der Waals surface area contributed by atoms with E-state index in [1.54, 1.807) is 24.8 Å². The van der Waals surface area contributed by atoms with E-state index in [1.165, 1.54) is 16.4 Å². The summed E-state index contributed by atoms with van der Waals surface area (Å²) in [4.78, 5) is 27.1. The Balaban J connectivity index is 1.74. The highest BCUT2D eigenvalue weighted by atomic mass is 32.2. The summed E-state index contributed by atoms with van der Waals surface area (Å²) in [6.07, 6.45) is 4.84. The van der Waals surface area contributed by atoms with Crippen LogP contribution in [-0.4, -0.2) is 61.8 Å². The van der Waals surface area contributed by atoms with Gasteiger partial charge in [-0.25, -0.2) is 13.2 Å². The van der Waals surface area contributed by atoms with E-state index in [0.29, 0.717) is 31.7 Å². The van der Waals surface area contributed by atoms with Crippen molar-refractivity contribution in [2.45, 2.75) is 63.4 Å². The van der Waals surface area contributed by atoms with E-state index >= 15 is 0 Å². The van der Waals surface area contributed by atoms with Crippen LogP contribution < -0.4 is 0 Å². The predicted molar refractivity (Wildman–Crippen MR) is 109 cm³/mol. The second-order valence-corrected chi connectivity index (χ2v) is 9.81. The lowest BCUT2D eigenvalue weighted by Crippen LogP contribution is -2.42. The molecule has 2 aliphatic rings. The number of esters is 1. The topological polar surface area (TPSA) is 84.0 Å². The predicted octanol–water partition coefficient (Wildman–Crippen LogP) is 2.73. The van der Waals surface area contributed by atoms with Crippen molar-refractivity contribution in [3.05, 3.63) is 29.3 Å². The van der Waals surface area contributed by atoms with E-state index in [1.807, 2.05) is 0 Å². The van der Waals surface area contributed by atoms with Crippen molar-refractivity contribution in [1.29, 1.82) is 0 Å². The number of sulfonamides is 1. The van der Waals surface area contributed by atoms with Crippen LogP contribution in [0.3, 0.4) is 0 Å². The van der Waals surface area contributed by atoms with Crippen LogP contribution in [0.5, 0.6) is 0 Å². The molecule has 8 heteroatoms. The highest BCUT2D eigenvalue weighted by Crippen LogP contribution is 2.23. The Morgan fingerprint density at radius 1 is 0.966 bits per heavy atom. The average Bonchev–Trinajstić information content (AvgIpc) is 2.74. The molecule has 0 N–H and O–H groups in total. The van der Waals surface area contributed by atoms with Gasteiger partial charge < -0.3 is 9.64 Å². The number of benzene rings is 1. The molecule has 1 atom stereocenters. The molecule has 2 fully saturated rings. The Hall–Kier alpha value is -1.93. The van der Waals surface area contributed by atoms with Gasteiger partial charge in [0, 0.05) is 26.2 Å². The number of hydrogen-bond acceptors (Lipinski definition) is 5. The quantitative estimate of drug-likeness (QED) is 0.681. The molecule has 2 aliphatic heterocycles. The minimum Gasteiger partial charge on any atom is -0.449 e. The molecule has 29 heavy (non-hydrogen) atoms. The van der Waals surface area contributed by atoms with Gasteiger partial charge in [0.1, 0.15) is 0 Å². The first kappa shape index (κ1) is 21.8. The molecule has 1 amide bonds. The van der Waals surface area contributed by atoms with Gasteiger partial charge in [-0.1, -0.05) is 12.5 Å². The van der Waals surface area contributed by atoms with Crippen molar-refractivity contribution < 1.29 is 22.7 Å². The largest absolute Gasteiger partial charge is 0.449 e. The zero-order valence-electron chi connectivity index (χ0n) is 17.2. The second kappa shape index (κ2) is 9.26. The zero-order valence-corrected chi connectivity index (χ0v) is 18.0. The number of ether oxygens (including phenoxy) is 1. The minimum absolute atomic E-state index is 0.0898. The lowest BCUT2D eigenvalue weighted by atomic mass is 10.1. The van der Waals surface area contributed by atoms with E-state index in [-0.39, 0.29) is 16.4 Å². The summed E-state index contributed by atoms with van der Waals surface area (Å²) in [6.45, 7) is 5.66. The van der Waals surface area contributed by atoms with E-state index < -0.39 is 22.1 Å². The average molecular weight is 423 g/mol. The third-order valence-electron chi connectivity index (χ3n) is 5.68. The van der Waals surface area contributed by atoms with Gasteiger partial charge in [0.25, 0.3) is 5.91 Å². The summed E-state index contributed by atoms with van der Waals surface area (Å²) in [5.41, 5.74) is 0.798. The molecule has 160 valence electrons. The van der Waals surface area contributed by atoms with Crippen LogP contribution in [0.15, 0.2) is 23.1 Å². The number of likely N-dealkylation sites (tertiary alicyclic amines) is 1. The molecule has 1 aromatic carbocycles. The Labute approximate surface area is 173 Å². The van der Waals surface area contributed by atoms with Crippen LogP contribution in [0.25, 0.3) is 0 Å². The van der Waals surface area contributed by atoms with Crippen LogP contribution in [0.2, 0.25) is 0 Å². The van der Waals surface area contributed by atoms with E-state index in [9.17, 15) is 18.0 Å². The lowest BCUT2D eigenvalue weighted by Gasteiger charge is -2.29. The van der Waals surface area contributed by atoms with Gasteiger partial charge in [0.2, 0.25) is 10.0 Å². The molecule has 2 heterocycles. The van der Waals surface area contributed by atoms with Crippen molar-refractivity contribution in [3.8, 4) is 0 Å². The second-order valence-electron chi connectivity index (χ2n) is 7.87. The smallest absolute Gasteiger partial charge is 0.339 e. The Kier molecular flexibility index (Phi) is 6.95. The van der Waals surface area contributed by atoms with Crippen LogP contribution in [0.4, 0.5) is 0 Å². The summed E-state index contributed by atoms with van der Waals surface area (Å²) >= 11 is 0. The zero-order chi connectivity index (χ0) is 21.0. The molecule has 7 nitrogen and oxygen atoms in total. The fourth-order valence-corrected chi connectivity index (χ4v) is 5.43. The molecule has 0 unspecified atom stereocenters. The van der Waals surface area contributed by atoms with E-state index in [0.717, 1.165) is 38.5 Å². The number of amides is 1. The first-order valence-electron chi connectivity index (χ1n) is 10.4. The maximum absolute atomic E-state index is 12.9. The maximum Gasteiger partial charge on any atom is 0.339 e. The highest BCUT2D eigenvalue weighted by molar-refractivity contribution is 7.89. The number of rotatable bonds is 5. The number of piperidine rings is 2. The van der Waals surface area contributed by atoms with Gasteiger partial charge in [-0.15, -0.1) is 0 Å². The highest BCUT2D eigenvalue weighted by Gasteiger charge is 2.29. The van der Waals surface area contributed by atoms with Crippen molar-refractivity contribution in [3.63, 3.8) is 0 Å². The van der Waals surface area contributed by atoms with Gasteiger partial charge >= 0.3 is 5.97 Å². The van der Waals surface area contributed by atoms with Crippen molar-refractivity contribution in [1.82, 2.24) is 9.21 Å². The number of nitrogens with zero attached hydrogens (tertiary/aromatic N) is 2. The molecule has 0 bridgehead atoms. The van der Waals surface area contributed by atoms with Crippen molar-refractivity contribution in [2.75, 3.05) is 26.2 Å². The third-order valence-corrected chi connectivity index (χ3v) is 7.58. The van der Waals surface area contributed by atoms with Crippen LogP contribution in [-0.2, 0) is 19.6 Å². The normalized spacial score (nSPS) is 19.6. The van der Waals surface area contributed by atoms with Gasteiger partial charge in [0.05, 0.1) is 10.5 Å². The Morgan fingerprint density at radius 2 is 1.55 bits per heavy atom. The Bertz CT molecular complexity index is 856. The fraction of sp³-hybridized carbons (Fsp3) is 0.619. The molecule has 0 saturated carbocycles. The molecule has 0 aromatic heterocycles. The van der Waals surface area contributed by atoms with Gasteiger partial charge in [-0.05, 0) is 63.6 Å². The molecular formula is C21H30N2O5S. The van der Waals surface area contributed by atoms with Crippen molar-refractivity contribution in [2.24, 2.45) is 0 Å². The monoisotopic (exact) mass is 422 g/mol. The number of hydrogen-bond donors (Lipinski definition) is 0. The Morgan fingerprint density at radius 3 is 2.17 bits per heavy atom. The lowest BCUT2D eigenvalue weighted by molar-refractivity contribution is -0.140. The number of aryl methyl sites for hydroxylation is 1.